The predicted molar refractivity (Wildman–Crippen MR) is 90.4 cm³/mol. The Labute approximate surface area is 136 Å². The molecule has 3 nitrogen and oxygen atoms in total. The summed E-state index contributed by atoms with van der Waals surface area (Å²) >= 11 is 5.07. The molecule has 106 valence electrons. The second-order valence-electron chi connectivity index (χ2n) is 5.05. The van der Waals surface area contributed by atoms with Gasteiger partial charge in [0.05, 0.1) is 5.69 Å². The van der Waals surface area contributed by atoms with Gasteiger partial charge in [-0.3, -0.25) is 9.97 Å². The number of thiazole rings is 1. The van der Waals surface area contributed by atoms with Crippen molar-refractivity contribution in [2.24, 2.45) is 0 Å². The summed E-state index contributed by atoms with van der Waals surface area (Å²) in [5.41, 5.74) is 4.38. The molecule has 0 aromatic carbocycles. The Hall–Kier alpha value is -1.59. The first-order valence-corrected chi connectivity index (χ1v) is 8.33. The van der Waals surface area contributed by atoms with Crippen LogP contribution in [0.5, 0.6) is 0 Å². The Morgan fingerprint density at radius 2 is 2.00 bits per heavy atom. The number of nitrogens with zero attached hydrogens (tertiary/aromatic N) is 3. The second kappa shape index (κ2) is 6.03. The third kappa shape index (κ3) is 3.04. The lowest BCUT2D eigenvalue weighted by Gasteiger charge is -2.09. The maximum absolute atomic E-state index is 4.75. The van der Waals surface area contributed by atoms with E-state index in [1.807, 2.05) is 24.7 Å². The SMILES string of the molecule is CC(C)c1ccncc1-c1csc(-c2cncc(Br)c2)n1. The van der Waals surface area contributed by atoms with Crippen molar-refractivity contribution in [2.75, 3.05) is 0 Å². The van der Waals surface area contributed by atoms with E-state index in [0.29, 0.717) is 5.92 Å². The smallest absolute Gasteiger partial charge is 0.125 e. The highest BCUT2D eigenvalue weighted by Crippen LogP contribution is 2.33. The molecule has 0 amide bonds. The van der Waals surface area contributed by atoms with Gasteiger partial charge in [-0.25, -0.2) is 4.98 Å². The molecular weight excluding hydrogens is 346 g/mol. The van der Waals surface area contributed by atoms with Crippen LogP contribution in [-0.2, 0) is 0 Å². The molecule has 0 spiro atoms. The van der Waals surface area contributed by atoms with E-state index in [1.165, 1.54) is 5.56 Å². The molecule has 0 N–H and O–H groups in total. The van der Waals surface area contributed by atoms with Gasteiger partial charge in [-0.05, 0) is 39.5 Å². The van der Waals surface area contributed by atoms with Crippen LogP contribution < -0.4 is 0 Å². The third-order valence-electron chi connectivity index (χ3n) is 3.21. The molecule has 5 heteroatoms. The zero-order valence-electron chi connectivity index (χ0n) is 11.7. The maximum atomic E-state index is 4.75. The van der Waals surface area contributed by atoms with Crippen molar-refractivity contribution in [1.82, 2.24) is 15.0 Å². The standard InChI is InChI=1S/C16H14BrN3S/c1-10(2)13-3-4-18-8-14(13)15-9-21-16(20-15)11-5-12(17)7-19-6-11/h3-10H,1-2H3. The highest BCUT2D eigenvalue weighted by molar-refractivity contribution is 9.10. The van der Waals surface area contributed by atoms with Gasteiger partial charge in [0.25, 0.3) is 0 Å². The number of hydrogen-bond donors (Lipinski definition) is 0. The van der Waals surface area contributed by atoms with E-state index in [-0.39, 0.29) is 0 Å². The quantitative estimate of drug-likeness (QED) is 0.648. The van der Waals surface area contributed by atoms with E-state index in [2.05, 4.69) is 51.2 Å². The summed E-state index contributed by atoms with van der Waals surface area (Å²) in [5.74, 6) is 0.445. The Bertz CT molecular complexity index is 767. The normalized spacial score (nSPS) is 11.0. The molecule has 0 unspecified atom stereocenters. The van der Waals surface area contributed by atoms with Gasteiger partial charge in [0, 0.05) is 45.8 Å². The molecule has 3 heterocycles. The van der Waals surface area contributed by atoms with Gasteiger partial charge in [0.1, 0.15) is 5.01 Å². The molecule has 0 aliphatic heterocycles. The van der Waals surface area contributed by atoms with Crippen LogP contribution in [0.2, 0.25) is 0 Å². The predicted octanol–water partition coefficient (Wildman–Crippen LogP) is 5.15. The fourth-order valence-electron chi connectivity index (χ4n) is 2.18. The van der Waals surface area contributed by atoms with Crippen molar-refractivity contribution in [1.29, 1.82) is 0 Å². The Balaban J connectivity index is 2.03. The molecule has 3 aromatic rings. The van der Waals surface area contributed by atoms with Crippen LogP contribution in [0.1, 0.15) is 25.3 Å². The summed E-state index contributed by atoms with van der Waals surface area (Å²) in [6.07, 6.45) is 7.34. The van der Waals surface area contributed by atoms with Crippen molar-refractivity contribution in [2.45, 2.75) is 19.8 Å². The Morgan fingerprint density at radius 3 is 2.76 bits per heavy atom. The summed E-state index contributed by atoms with van der Waals surface area (Å²) in [6.45, 7) is 4.37. The molecule has 3 aromatic heterocycles. The van der Waals surface area contributed by atoms with Crippen molar-refractivity contribution in [3.8, 4) is 21.8 Å². The Morgan fingerprint density at radius 1 is 1.14 bits per heavy atom. The lowest BCUT2D eigenvalue weighted by atomic mass is 9.98. The number of aromatic nitrogens is 3. The highest BCUT2D eigenvalue weighted by atomic mass is 79.9. The topological polar surface area (TPSA) is 38.7 Å². The van der Waals surface area contributed by atoms with Crippen LogP contribution in [0, 0.1) is 0 Å². The van der Waals surface area contributed by atoms with Gasteiger partial charge in [0.15, 0.2) is 0 Å². The average molecular weight is 360 g/mol. The lowest BCUT2D eigenvalue weighted by Crippen LogP contribution is -1.93. The number of rotatable bonds is 3. The summed E-state index contributed by atoms with van der Waals surface area (Å²) < 4.78 is 0.959. The van der Waals surface area contributed by atoms with Crippen LogP contribution >= 0.6 is 27.3 Å². The summed E-state index contributed by atoms with van der Waals surface area (Å²) in [4.78, 5) is 13.2. The van der Waals surface area contributed by atoms with Crippen molar-refractivity contribution < 1.29 is 0 Å². The van der Waals surface area contributed by atoms with Gasteiger partial charge in [-0.1, -0.05) is 13.8 Å². The monoisotopic (exact) mass is 359 g/mol. The van der Waals surface area contributed by atoms with E-state index in [4.69, 9.17) is 4.98 Å². The summed E-state index contributed by atoms with van der Waals surface area (Å²) in [5, 5.41) is 3.05. The van der Waals surface area contributed by atoms with Crippen LogP contribution in [0.3, 0.4) is 0 Å². The largest absolute Gasteiger partial charge is 0.264 e. The molecule has 3 rings (SSSR count). The fourth-order valence-corrected chi connectivity index (χ4v) is 3.35. The minimum atomic E-state index is 0.445. The van der Waals surface area contributed by atoms with Gasteiger partial charge in [-0.2, -0.15) is 0 Å². The number of pyridine rings is 2. The number of hydrogen-bond acceptors (Lipinski definition) is 4. The minimum Gasteiger partial charge on any atom is -0.264 e. The molecule has 0 bridgehead atoms. The van der Waals surface area contributed by atoms with E-state index in [0.717, 1.165) is 26.3 Å². The molecule has 0 saturated carbocycles. The molecule has 0 saturated heterocycles. The first kappa shape index (κ1) is 14.4. The van der Waals surface area contributed by atoms with E-state index in [1.54, 1.807) is 17.5 Å². The van der Waals surface area contributed by atoms with Gasteiger partial charge < -0.3 is 0 Å². The zero-order chi connectivity index (χ0) is 14.8. The van der Waals surface area contributed by atoms with E-state index < -0.39 is 0 Å². The van der Waals surface area contributed by atoms with E-state index >= 15 is 0 Å². The number of halogens is 1. The zero-order valence-corrected chi connectivity index (χ0v) is 14.1. The molecular formula is C16H14BrN3S. The molecule has 0 aliphatic rings. The minimum absolute atomic E-state index is 0.445. The fraction of sp³-hybridized carbons (Fsp3) is 0.188. The van der Waals surface area contributed by atoms with E-state index in [9.17, 15) is 0 Å². The first-order chi connectivity index (χ1) is 10.1. The van der Waals surface area contributed by atoms with Crippen LogP contribution in [0.25, 0.3) is 21.8 Å². The molecule has 0 aliphatic carbocycles. The third-order valence-corrected chi connectivity index (χ3v) is 4.53. The highest BCUT2D eigenvalue weighted by Gasteiger charge is 2.12. The maximum Gasteiger partial charge on any atom is 0.125 e. The molecule has 0 radical (unpaired) electrons. The second-order valence-corrected chi connectivity index (χ2v) is 6.82. The van der Waals surface area contributed by atoms with Crippen LogP contribution in [0.4, 0.5) is 0 Å². The van der Waals surface area contributed by atoms with Gasteiger partial charge >= 0.3 is 0 Å². The van der Waals surface area contributed by atoms with Crippen molar-refractivity contribution in [3.05, 3.63) is 52.3 Å². The molecule has 0 fully saturated rings. The molecule has 21 heavy (non-hydrogen) atoms. The summed E-state index contributed by atoms with van der Waals surface area (Å²) in [7, 11) is 0. The van der Waals surface area contributed by atoms with Crippen molar-refractivity contribution in [3.63, 3.8) is 0 Å². The van der Waals surface area contributed by atoms with Gasteiger partial charge in [0.2, 0.25) is 0 Å². The molecule has 0 atom stereocenters. The van der Waals surface area contributed by atoms with Gasteiger partial charge in [-0.15, -0.1) is 11.3 Å². The van der Waals surface area contributed by atoms with Crippen LogP contribution in [0.15, 0.2) is 46.8 Å². The first-order valence-electron chi connectivity index (χ1n) is 6.66. The average Bonchev–Trinajstić information content (AvgIpc) is 2.97. The van der Waals surface area contributed by atoms with Crippen LogP contribution in [-0.4, -0.2) is 15.0 Å². The Kier molecular flexibility index (Phi) is 4.12. The lowest BCUT2D eigenvalue weighted by molar-refractivity contribution is 0.864. The summed E-state index contributed by atoms with van der Waals surface area (Å²) in [6, 6.07) is 4.10. The van der Waals surface area contributed by atoms with Crippen molar-refractivity contribution >= 4 is 27.3 Å².